The maximum atomic E-state index is 13.4. The summed E-state index contributed by atoms with van der Waals surface area (Å²) in [7, 11) is 0. The standard InChI is InChI=1S/C37H28N4O3S2/c42-34(41-37-40-33(23-46-37)29-19-18-26-12-7-8-15-28(26)21-29)24-45-31-17-9-16-30(22-31)38-36(44)32(20-25-10-3-1-4-11-25)39-35(43)27-13-5-2-6-14-27/h1-23H,24H2,(H,38,44)(H,39,43)(H,40,41,42)/b32-20-. The largest absolute Gasteiger partial charge is 0.321 e. The summed E-state index contributed by atoms with van der Waals surface area (Å²) in [5.74, 6) is -0.887. The molecule has 9 heteroatoms. The molecule has 3 amide bonds. The molecule has 5 aromatic carbocycles. The third kappa shape index (κ3) is 7.95. The van der Waals surface area contributed by atoms with Crippen molar-refractivity contribution in [2.24, 2.45) is 0 Å². The number of amides is 3. The van der Waals surface area contributed by atoms with Crippen molar-refractivity contribution in [2.75, 3.05) is 16.4 Å². The molecule has 0 radical (unpaired) electrons. The lowest BCUT2D eigenvalue weighted by molar-refractivity contribution is -0.114. The van der Waals surface area contributed by atoms with E-state index in [9.17, 15) is 14.4 Å². The van der Waals surface area contributed by atoms with Crippen LogP contribution in [0.4, 0.5) is 10.8 Å². The third-order valence-corrected chi connectivity index (χ3v) is 8.65. The minimum Gasteiger partial charge on any atom is -0.321 e. The normalized spacial score (nSPS) is 11.2. The van der Waals surface area contributed by atoms with Gasteiger partial charge in [-0.1, -0.05) is 91.0 Å². The topological polar surface area (TPSA) is 100 Å². The Balaban J connectivity index is 1.07. The summed E-state index contributed by atoms with van der Waals surface area (Å²) in [5.41, 5.74) is 3.63. The van der Waals surface area contributed by atoms with Gasteiger partial charge in [-0.25, -0.2) is 4.98 Å². The van der Waals surface area contributed by atoms with Crippen LogP contribution in [0.2, 0.25) is 0 Å². The molecule has 6 rings (SSSR count). The number of rotatable bonds is 10. The first kappa shape index (κ1) is 30.5. The molecule has 1 aromatic heterocycles. The van der Waals surface area contributed by atoms with Gasteiger partial charge in [-0.3, -0.25) is 14.4 Å². The number of hydrogen-bond acceptors (Lipinski definition) is 6. The molecule has 226 valence electrons. The number of fused-ring (bicyclic) bond motifs is 1. The van der Waals surface area contributed by atoms with Gasteiger partial charge in [0.1, 0.15) is 5.70 Å². The Hall–Kier alpha value is -5.51. The Bertz CT molecular complexity index is 2040. The number of anilines is 2. The van der Waals surface area contributed by atoms with Crippen molar-refractivity contribution >= 4 is 68.5 Å². The van der Waals surface area contributed by atoms with E-state index in [1.54, 1.807) is 48.5 Å². The van der Waals surface area contributed by atoms with Gasteiger partial charge in [0.05, 0.1) is 11.4 Å². The minimum absolute atomic E-state index is 0.101. The number of benzene rings is 5. The lowest BCUT2D eigenvalue weighted by Crippen LogP contribution is -2.30. The second-order valence-corrected chi connectivity index (χ2v) is 12.1. The Morgan fingerprint density at radius 2 is 1.48 bits per heavy atom. The highest BCUT2D eigenvalue weighted by Gasteiger charge is 2.16. The number of carbonyl (C=O) groups is 3. The Morgan fingerprint density at radius 1 is 0.739 bits per heavy atom. The van der Waals surface area contributed by atoms with Crippen LogP contribution in [-0.4, -0.2) is 28.5 Å². The lowest BCUT2D eigenvalue weighted by atomic mass is 10.1. The fourth-order valence-electron chi connectivity index (χ4n) is 4.64. The lowest BCUT2D eigenvalue weighted by Gasteiger charge is -2.12. The van der Waals surface area contributed by atoms with Crippen molar-refractivity contribution in [2.45, 2.75) is 4.90 Å². The maximum Gasteiger partial charge on any atom is 0.272 e. The maximum absolute atomic E-state index is 13.4. The van der Waals surface area contributed by atoms with E-state index in [4.69, 9.17) is 0 Å². The third-order valence-electron chi connectivity index (χ3n) is 6.90. The SMILES string of the molecule is O=C(CSc1cccc(NC(=O)/C(=C/c2ccccc2)NC(=O)c2ccccc2)c1)Nc1nc(-c2ccc3ccccc3c2)cs1. The summed E-state index contributed by atoms with van der Waals surface area (Å²) in [5, 5.41) is 13.3. The zero-order chi connectivity index (χ0) is 31.7. The van der Waals surface area contributed by atoms with Gasteiger partial charge >= 0.3 is 0 Å². The van der Waals surface area contributed by atoms with E-state index in [-0.39, 0.29) is 17.4 Å². The van der Waals surface area contributed by atoms with E-state index in [0.717, 1.165) is 32.5 Å². The first-order chi connectivity index (χ1) is 22.5. The van der Waals surface area contributed by atoms with Crippen molar-refractivity contribution in [1.29, 1.82) is 0 Å². The average Bonchev–Trinajstić information content (AvgIpc) is 3.56. The first-order valence-corrected chi connectivity index (χ1v) is 16.3. The molecule has 0 fully saturated rings. The van der Waals surface area contributed by atoms with Crippen molar-refractivity contribution in [3.8, 4) is 11.3 Å². The summed E-state index contributed by atoms with van der Waals surface area (Å²) in [6, 6.07) is 39.6. The van der Waals surface area contributed by atoms with E-state index in [1.807, 2.05) is 66.0 Å². The highest BCUT2D eigenvalue weighted by Crippen LogP contribution is 2.28. The molecule has 7 nitrogen and oxygen atoms in total. The van der Waals surface area contributed by atoms with Crippen molar-refractivity contribution in [3.05, 3.63) is 150 Å². The predicted octanol–water partition coefficient (Wildman–Crippen LogP) is 8.10. The average molecular weight is 641 g/mol. The van der Waals surface area contributed by atoms with Gasteiger partial charge < -0.3 is 16.0 Å². The van der Waals surface area contributed by atoms with Gasteiger partial charge in [-0.2, -0.15) is 0 Å². The van der Waals surface area contributed by atoms with Gasteiger partial charge in [-0.15, -0.1) is 23.1 Å². The molecule has 46 heavy (non-hydrogen) atoms. The molecule has 0 atom stereocenters. The van der Waals surface area contributed by atoms with Crippen LogP contribution in [0.5, 0.6) is 0 Å². The smallest absolute Gasteiger partial charge is 0.272 e. The van der Waals surface area contributed by atoms with Crippen LogP contribution in [0.25, 0.3) is 28.1 Å². The number of carbonyl (C=O) groups excluding carboxylic acids is 3. The Kier molecular flexibility index (Phi) is 9.63. The molecule has 0 spiro atoms. The van der Waals surface area contributed by atoms with E-state index >= 15 is 0 Å². The fourth-order valence-corrected chi connectivity index (χ4v) is 6.13. The van der Waals surface area contributed by atoms with Crippen molar-refractivity contribution in [3.63, 3.8) is 0 Å². The monoisotopic (exact) mass is 640 g/mol. The summed E-state index contributed by atoms with van der Waals surface area (Å²) >= 11 is 2.72. The molecule has 1 heterocycles. The molecule has 6 aromatic rings. The first-order valence-electron chi connectivity index (χ1n) is 14.4. The summed E-state index contributed by atoms with van der Waals surface area (Å²) in [6.45, 7) is 0. The number of thiazole rings is 1. The van der Waals surface area contributed by atoms with E-state index in [2.05, 4.69) is 45.2 Å². The van der Waals surface area contributed by atoms with Crippen LogP contribution < -0.4 is 16.0 Å². The molecule has 0 saturated carbocycles. The molecule has 0 saturated heterocycles. The highest BCUT2D eigenvalue weighted by molar-refractivity contribution is 8.00. The quantitative estimate of drug-likeness (QED) is 0.104. The van der Waals surface area contributed by atoms with Crippen LogP contribution in [-0.2, 0) is 9.59 Å². The van der Waals surface area contributed by atoms with Crippen molar-refractivity contribution in [1.82, 2.24) is 10.3 Å². The summed E-state index contributed by atoms with van der Waals surface area (Å²) in [6.07, 6.45) is 1.63. The van der Waals surface area contributed by atoms with E-state index in [0.29, 0.717) is 16.4 Å². The molecular weight excluding hydrogens is 613 g/mol. The Labute approximate surface area is 274 Å². The molecule has 0 aliphatic rings. The number of thioether (sulfide) groups is 1. The second-order valence-electron chi connectivity index (χ2n) is 10.2. The molecule has 0 aliphatic carbocycles. The predicted molar refractivity (Wildman–Crippen MR) is 188 cm³/mol. The fraction of sp³-hybridized carbons (Fsp3) is 0.0270. The van der Waals surface area contributed by atoms with Crippen LogP contribution in [0.3, 0.4) is 0 Å². The van der Waals surface area contributed by atoms with E-state index < -0.39 is 11.8 Å². The van der Waals surface area contributed by atoms with Crippen LogP contribution in [0.15, 0.2) is 143 Å². The minimum atomic E-state index is -0.473. The van der Waals surface area contributed by atoms with Crippen molar-refractivity contribution < 1.29 is 14.4 Å². The number of hydrogen-bond donors (Lipinski definition) is 3. The molecular formula is C37H28N4O3S2. The Morgan fingerprint density at radius 3 is 2.28 bits per heavy atom. The number of aromatic nitrogens is 1. The summed E-state index contributed by atoms with van der Waals surface area (Å²) < 4.78 is 0. The van der Waals surface area contributed by atoms with Gasteiger partial charge in [0, 0.05) is 27.1 Å². The molecule has 0 unspecified atom stereocenters. The van der Waals surface area contributed by atoms with Gasteiger partial charge in [-0.05, 0) is 58.8 Å². The number of nitrogens with one attached hydrogen (secondary N) is 3. The molecule has 0 bridgehead atoms. The molecule has 3 N–H and O–H groups in total. The zero-order valence-corrected chi connectivity index (χ0v) is 26.1. The van der Waals surface area contributed by atoms with Crippen LogP contribution in [0.1, 0.15) is 15.9 Å². The second kappa shape index (κ2) is 14.5. The van der Waals surface area contributed by atoms with Crippen LogP contribution in [0, 0.1) is 0 Å². The summed E-state index contributed by atoms with van der Waals surface area (Å²) in [4.78, 5) is 44.4. The van der Waals surface area contributed by atoms with Gasteiger partial charge in [0.15, 0.2) is 5.13 Å². The highest BCUT2D eigenvalue weighted by atomic mass is 32.2. The van der Waals surface area contributed by atoms with Gasteiger partial charge in [0.2, 0.25) is 5.91 Å². The van der Waals surface area contributed by atoms with Gasteiger partial charge in [0.25, 0.3) is 11.8 Å². The number of nitrogens with zero attached hydrogens (tertiary/aromatic N) is 1. The van der Waals surface area contributed by atoms with Crippen LogP contribution >= 0.6 is 23.1 Å². The van der Waals surface area contributed by atoms with E-state index in [1.165, 1.54) is 23.1 Å². The zero-order valence-electron chi connectivity index (χ0n) is 24.5. The molecule has 0 aliphatic heterocycles.